The van der Waals surface area contributed by atoms with E-state index in [0.29, 0.717) is 35.1 Å². The zero-order valence-corrected chi connectivity index (χ0v) is 13.3. The fraction of sp³-hybridized carbons (Fsp3) is 0.438. The molecule has 1 saturated heterocycles. The van der Waals surface area contributed by atoms with Crippen LogP contribution in [0, 0.1) is 13.8 Å². The van der Waals surface area contributed by atoms with Gasteiger partial charge in [-0.3, -0.25) is 0 Å². The molecule has 1 fully saturated rings. The van der Waals surface area contributed by atoms with Crippen LogP contribution in [0.2, 0.25) is 5.02 Å². The van der Waals surface area contributed by atoms with Crippen LogP contribution in [0.3, 0.4) is 0 Å². The van der Waals surface area contributed by atoms with Crippen LogP contribution in [0.15, 0.2) is 21.3 Å². The smallest absolute Gasteiger partial charge is 0.339 e. The molecule has 118 valence electrons. The molecule has 1 aliphatic rings. The van der Waals surface area contributed by atoms with Gasteiger partial charge in [0.25, 0.3) is 0 Å². The van der Waals surface area contributed by atoms with Crippen molar-refractivity contribution in [3.05, 3.63) is 38.7 Å². The van der Waals surface area contributed by atoms with E-state index in [4.69, 9.17) is 25.5 Å². The van der Waals surface area contributed by atoms with E-state index < -0.39 is 0 Å². The predicted molar refractivity (Wildman–Crippen MR) is 85.1 cm³/mol. The maximum Gasteiger partial charge on any atom is 0.339 e. The lowest BCUT2D eigenvalue weighted by molar-refractivity contribution is 0.000228. The van der Waals surface area contributed by atoms with Crippen LogP contribution in [0.4, 0.5) is 0 Å². The number of nitrogens with one attached hydrogen (secondary N) is 1. The molecule has 6 heteroatoms. The third-order valence-electron chi connectivity index (χ3n) is 3.94. The minimum atomic E-state index is -0.335. The maximum atomic E-state index is 11.8. The number of halogens is 1. The van der Waals surface area contributed by atoms with Gasteiger partial charge in [-0.1, -0.05) is 11.6 Å². The predicted octanol–water partition coefficient (Wildman–Crippen LogP) is 2.43. The minimum Gasteiger partial charge on any atom is -0.489 e. The first-order chi connectivity index (χ1) is 10.6. The van der Waals surface area contributed by atoms with E-state index in [0.717, 1.165) is 24.0 Å². The molecule has 0 saturated carbocycles. The van der Waals surface area contributed by atoms with Crippen molar-refractivity contribution >= 4 is 22.6 Å². The Hall–Kier alpha value is -1.56. The average molecular weight is 324 g/mol. The summed E-state index contributed by atoms with van der Waals surface area (Å²) in [6.07, 6.45) is -0.00715. The Morgan fingerprint density at radius 1 is 1.36 bits per heavy atom. The lowest BCUT2D eigenvalue weighted by atomic mass is 10.1. The standard InChI is InChI=1S/C16H18ClNO4/c1-9-10(2)16(19)22-14-6-15(13(17)5-12(9)14)21-8-11-7-18-3-4-20-11/h5-6,11,18H,3-4,7-8H2,1-2H3. The molecule has 0 radical (unpaired) electrons. The van der Waals surface area contributed by atoms with Crippen LogP contribution in [0.5, 0.6) is 5.75 Å². The topological polar surface area (TPSA) is 60.7 Å². The van der Waals surface area contributed by atoms with E-state index in [1.807, 2.05) is 6.92 Å². The van der Waals surface area contributed by atoms with Crippen molar-refractivity contribution in [2.75, 3.05) is 26.3 Å². The molecule has 5 nitrogen and oxygen atoms in total. The van der Waals surface area contributed by atoms with Crippen LogP contribution in [0.1, 0.15) is 11.1 Å². The third-order valence-corrected chi connectivity index (χ3v) is 4.23. The van der Waals surface area contributed by atoms with Crippen molar-refractivity contribution in [1.29, 1.82) is 0 Å². The number of aryl methyl sites for hydroxylation is 1. The molecule has 0 spiro atoms. The molecule has 2 heterocycles. The summed E-state index contributed by atoms with van der Waals surface area (Å²) in [6, 6.07) is 3.44. The van der Waals surface area contributed by atoms with Crippen molar-refractivity contribution in [3.8, 4) is 5.75 Å². The van der Waals surface area contributed by atoms with E-state index in [1.165, 1.54) is 0 Å². The van der Waals surface area contributed by atoms with Gasteiger partial charge < -0.3 is 19.2 Å². The second-order valence-electron chi connectivity index (χ2n) is 5.43. The van der Waals surface area contributed by atoms with E-state index in [9.17, 15) is 4.79 Å². The maximum absolute atomic E-state index is 11.8. The molecule has 1 unspecified atom stereocenters. The van der Waals surface area contributed by atoms with Crippen LogP contribution in [0.25, 0.3) is 11.0 Å². The van der Waals surface area contributed by atoms with E-state index in [1.54, 1.807) is 19.1 Å². The molecule has 1 aliphatic heterocycles. The van der Waals surface area contributed by atoms with Crippen LogP contribution in [-0.4, -0.2) is 32.4 Å². The van der Waals surface area contributed by atoms with Crippen molar-refractivity contribution in [2.45, 2.75) is 20.0 Å². The molecule has 0 aliphatic carbocycles. The Labute approximate surface area is 133 Å². The third kappa shape index (κ3) is 2.97. The average Bonchev–Trinajstić information content (AvgIpc) is 2.53. The van der Waals surface area contributed by atoms with Gasteiger partial charge in [-0.15, -0.1) is 0 Å². The first-order valence-electron chi connectivity index (χ1n) is 7.25. The molecule has 3 rings (SSSR count). The molecule has 22 heavy (non-hydrogen) atoms. The van der Waals surface area contributed by atoms with Crippen molar-refractivity contribution in [3.63, 3.8) is 0 Å². The highest BCUT2D eigenvalue weighted by Gasteiger charge is 2.16. The largest absolute Gasteiger partial charge is 0.489 e. The van der Waals surface area contributed by atoms with Crippen molar-refractivity contribution < 1.29 is 13.9 Å². The summed E-state index contributed by atoms with van der Waals surface area (Å²) < 4.78 is 16.6. The van der Waals surface area contributed by atoms with E-state index in [-0.39, 0.29) is 11.7 Å². The van der Waals surface area contributed by atoms with Gasteiger partial charge in [0.15, 0.2) is 0 Å². The van der Waals surface area contributed by atoms with Gasteiger partial charge in [-0.25, -0.2) is 4.79 Å². The summed E-state index contributed by atoms with van der Waals surface area (Å²) in [5, 5.41) is 4.56. The van der Waals surface area contributed by atoms with Gasteiger partial charge >= 0.3 is 5.63 Å². The van der Waals surface area contributed by atoms with Gasteiger partial charge in [0, 0.05) is 30.1 Å². The van der Waals surface area contributed by atoms with Gasteiger partial charge in [0.1, 0.15) is 24.0 Å². The number of fused-ring (bicyclic) bond motifs is 1. The molecule has 0 bridgehead atoms. The summed E-state index contributed by atoms with van der Waals surface area (Å²) in [5.74, 6) is 0.495. The number of hydrogen-bond acceptors (Lipinski definition) is 5. The van der Waals surface area contributed by atoms with Gasteiger partial charge in [-0.2, -0.15) is 0 Å². The quantitative estimate of drug-likeness (QED) is 0.879. The zero-order valence-electron chi connectivity index (χ0n) is 12.6. The van der Waals surface area contributed by atoms with Gasteiger partial charge in [0.05, 0.1) is 11.6 Å². The van der Waals surface area contributed by atoms with E-state index >= 15 is 0 Å². The summed E-state index contributed by atoms with van der Waals surface area (Å²) in [7, 11) is 0. The lowest BCUT2D eigenvalue weighted by Crippen LogP contribution is -2.41. The summed E-state index contributed by atoms with van der Waals surface area (Å²) in [6.45, 7) is 6.30. The highest BCUT2D eigenvalue weighted by Crippen LogP contribution is 2.31. The molecule has 1 aromatic carbocycles. The minimum absolute atomic E-state index is 0.00715. The number of ether oxygens (including phenoxy) is 2. The SMILES string of the molecule is Cc1c(C)c2cc(Cl)c(OCC3CNCCO3)cc2oc1=O. The number of rotatable bonds is 3. The Balaban J connectivity index is 1.88. The van der Waals surface area contributed by atoms with E-state index in [2.05, 4.69) is 5.32 Å². The normalized spacial score (nSPS) is 18.6. The monoisotopic (exact) mass is 323 g/mol. The van der Waals surface area contributed by atoms with Crippen LogP contribution in [-0.2, 0) is 4.74 Å². The second-order valence-corrected chi connectivity index (χ2v) is 5.83. The zero-order chi connectivity index (χ0) is 15.7. The lowest BCUT2D eigenvalue weighted by Gasteiger charge is -2.23. The van der Waals surface area contributed by atoms with Crippen molar-refractivity contribution in [2.24, 2.45) is 0 Å². The summed E-state index contributed by atoms with van der Waals surface area (Å²) in [5.41, 5.74) is 1.62. The molecule has 2 aromatic rings. The Morgan fingerprint density at radius 3 is 2.91 bits per heavy atom. The first kappa shape index (κ1) is 15.3. The molecule has 1 atom stereocenters. The fourth-order valence-corrected chi connectivity index (χ4v) is 2.68. The Morgan fingerprint density at radius 2 is 2.18 bits per heavy atom. The number of benzene rings is 1. The number of morpholine rings is 1. The van der Waals surface area contributed by atoms with Gasteiger partial charge in [0.2, 0.25) is 0 Å². The van der Waals surface area contributed by atoms with Gasteiger partial charge in [-0.05, 0) is 25.5 Å². The second kappa shape index (κ2) is 6.28. The highest BCUT2D eigenvalue weighted by molar-refractivity contribution is 6.32. The van der Waals surface area contributed by atoms with Crippen LogP contribution >= 0.6 is 11.6 Å². The number of hydrogen-bond donors (Lipinski definition) is 1. The molecular formula is C16H18ClNO4. The molecule has 1 N–H and O–H groups in total. The summed E-state index contributed by atoms with van der Waals surface area (Å²) in [4.78, 5) is 11.8. The highest BCUT2D eigenvalue weighted by atomic mass is 35.5. The Bertz CT molecular complexity index is 750. The molecular weight excluding hydrogens is 306 g/mol. The molecule has 1 aromatic heterocycles. The van der Waals surface area contributed by atoms with Crippen molar-refractivity contribution in [1.82, 2.24) is 5.32 Å². The first-order valence-corrected chi connectivity index (χ1v) is 7.62. The Kier molecular flexibility index (Phi) is 4.38. The summed E-state index contributed by atoms with van der Waals surface area (Å²) >= 11 is 6.28. The molecule has 0 amide bonds. The fourth-order valence-electron chi connectivity index (χ4n) is 2.46. The van der Waals surface area contributed by atoms with Crippen LogP contribution < -0.4 is 15.7 Å².